The molecule has 1 aliphatic carbocycles. The van der Waals surface area contributed by atoms with Gasteiger partial charge in [0.1, 0.15) is 5.15 Å². The number of halogens is 4. The van der Waals surface area contributed by atoms with Gasteiger partial charge < -0.3 is 4.90 Å². The topological polar surface area (TPSA) is 33.2 Å². The van der Waals surface area contributed by atoms with Gasteiger partial charge in [0.15, 0.2) is 0 Å². The molecule has 7 heteroatoms. The van der Waals surface area contributed by atoms with Crippen LogP contribution < -0.4 is 0 Å². The number of carbonyl (C=O) groups excluding carboxylic acids is 1. The second-order valence-electron chi connectivity index (χ2n) is 5.73. The van der Waals surface area contributed by atoms with Crippen molar-refractivity contribution < 1.29 is 18.0 Å². The predicted molar refractivity (Wildman–Crippen MR) is 83.6 cm³/mol. The Morgan fingerprint density at radius 1 is 1.17 bits per heavy atom. The summed E-state index contributed by atoms with van der Waals surface area (Å²) in [5.74, 6) is -0.193. The highest BCUT2D eigenvalue weighted by atomic mass is 35.5. The van der Waals surface area contributed by atoms with E-state index in [9.17, 15) is 18.0 Å². The Kier molecular flexibility index (Phi) is 4.49. The summed E-state index contributed by atoms with van der Waals surface area (Å²) in [7, 11) is 0. The number of pyridine rings is 1. The first-order chi connectivity index (χ1) is 11.3. The Morgan fingerprint density at radius 2 is 1.83 bits per heavy atom. The smallest absolute Gasteiger partial charge is 0.331 e. The lowest BCUT2D eigenvalue weighted by molar-refractivity contribution is -0.137. The Morgan fingerprint density at radius 3 is 2.33 bits per heavy atom. The van der Waals surface area contributed by atoms with Crippen LogP contribution in [0.5, 0.6) is 0 Å². The average molecular weight is 355 g/mol. The van der Waals surface area contributed by atoms with E-state index >= 15 is 0 Å². The Bertz CT molecular complexity index is 725. The van der Waals surface area contributed by atoms with E-state index in [1.165, 1.54) is 24.4 Å². The van der Waals surface area contributed by atoms with E-state index in [-0.39, 0.29) is 18.5 Å². The molecule has 0 N–H and O–H groups in total. The van der Waals surface area contributed by atoms with Gasteiger partial charge in [-0.1, -0.05) is 23.7 Å². The van der Waals surface area contributed by atoms with E-state index in [1.807, 2.05) is 0 Å². The van der Waals surface area contributed by atoms with Crippen LogP contribution in [0, 0.1) is 0 Å². The van der Waals surface area contributed by atoms with E-state index in [1.54, 1.807) is 11.0 Å². The fourth-order valence-corrected chi connectivity index (χ4v) is 2.53. The van der Waals surface area contributed by atoms with Gasteiger partial charge >= 0.3 is 6.18 Å². The molecule has 2 aromatic rings. The first-order valence-electron chi connectivity index (χ1n) is 7.43. The van der Waals surface area contributed by atoms with Crippen molar-refractivity contribution in [2.45, 2.75) is 31.6 Å². The lowest BCUT2D eigenvalue weighted by Gasteiger charge is -2.23. The maximum absolute atomic E-state index is 12.6. The number of amides is 1. The van der Waals surface area contributed by atoms with Crippen LogP contribution in [0.15, 0.2) is 42.6 Å². The minimum atomic E-state index is -4.36. The number of nitrogens with zero attached hydrogens (tertiary/aromatic N) is 2. The van der Waals surface area contributed by atoms with Crippen LogP contribution in [0.4, 0.5) is 13.2 Å². The highest BCUT2D eigenvalue weighted by Gasteiger charge is 2.34. The molecule has 1 aliphatic rings. The third-order valence-electron chi connectivity index (χ3n) is 3.86. The van der Waals surface area contributed by atoms with Crippen LogP contribution in [0.3, 0.4) is 0 Å². The number of rotatable bonds is 4. The van der Waals surface area contributed by atoms with E-state index in [0.29, 0.717) is 16.3 Å². The number of aromatic nitrogens is 1. The van der Waals surface area contributed by atoms with Crippen molar-refractivity contribution in [3.63, 3.8) is 0 Å². The number of hydrogen-bond acceptors (Lipinski definition) is 2. The molecule has 1 aromatic heterocycles. The van der Waals surface area contributed by atoms with E-state index in [2.05, 4.69) is 4.98 Å². The van der Waals surface area contributed by atoms with Crippen molar-refractivity contribution in [3.8, 4) is 0 Å². The summed E-state index contributed by atoms with van der Waals surface area (Å²) in [5.41, 5.74) is 0.376. The summed E-state index contributed by atoms with van der Waals surface area (Å²) in [6.45, 7) is 0.268. The minimum Gasteiger partial charge on any atom is -0.331 e. The lowest BCUT2D eigenvalue weighted by atomic mass is 10.1. The second kappa shape index (κ2) is 6.43. The number of carbonyl (C=O) groups is 1. The molecule has 0 atom stereocenters. The second-order valence-corrected chi connectivity index (χ2v) is 6.12. The molecular formula is C17H14ClF3N2O. The highest BCUT2D eigenvalue weighted by Crippen LogP contribution is 2.32. The molecule has 1 aromatic carbocycles. The van der Waals surface area contributed by atoms with Crippen LogP contribution in [-0.2, 0) is 12.7 Å². The van der Waals surface area contributed by atoms with Gasteiger partial charge in [0.05, 0.1) is 11.1 Å². The summed E-state index contributed by atoms with van der Waals surface area (Å²) in [6, 6.07) is 8.15. The molecule has 3 nitrogen and oxygen atoms in total. The molecule has 0 radical (unpaired) electrons. The number of hydrogen-bond donors (Lipinski definition) is 0. The highest BCUT2D eigenvalue weighted by molar-refractivity contribution is 6.29. The normalized spacial score (nSPS) is 14.5. The minimum absolute atomic E-state index is 0.121. The van der Waals surface area contributed by atoms with Gasteiger partial charge in [-0.05, 0) is 42.7 Å². The molecule has 126 valence electrons. The molecule has 0 bridgehead atoms. The van der Waals surface area contributed by atoms with E-state index in [4.69, 9.17) is 11.6 Å². The van der Waals surface area contributed by atoms with Crippen molar-refractivity contribution in [1.29, 1.82) is 0 Å². The van der Waals surface area contributed by atoms with Crippen molar-refractivity contribution in [3.05, 3.63) is 64.4 Å². The van der Waals surface area contributed by atoms with Crippen LogP contribution in [0.1, 0.15) is 34.3 Å². The quantitative estimate of drug-likeness (QED) is 0.754. The fourth-order valence-electron chi connectivity index (χ4n) is 2.42. The number of alkyl halides is 3. The lowest BCUT2D eigenvalue weighted by Crippen LogP contribution is -2.32. The molecular weight excluding hydrogens is 341 g/mol. The molecule has 3 rings (SSSR count). The molecule has 1 amide bonds. The molecule has 0 saturated heterocycles. The van der Waals surface area contributed by atoms with Crippen LogP contribution in [0.2, 0.25) is 5.15 Å². The van der Waals surface area contributed by atoms with Gasteiger partial charge in [-0.2, -0.15) is 13.2 Å². The first kappa shape index (κ1) is 16.8. The molecule has 0 spiro atoms. The summed E-state index contributed by atoms with van der Waals surface area (Å²) >= 11 is 5.72. The number of benzene rings is 1. The van der Waals surface area contributed by atoms with E-state index < -0.39 is 11.7 Å². The van der Waals surface area contributed by atoms with Crippen molar-refractivity contribution >= 4 is 17.5 Å². The molecule has 24 heavy (non-hydrogen) atoms. The van der Waals surface area contributed by atoms with Crippen LogP contribution in [0.25, 0.3) is 0 Å². The molecule has 0 unspecified atom stereocenters. The fraction of sp³-hybridized carbons (Fsp3) is 0.294. The van der Waals surface area contributed by atoms with Gasteiger partial charge in [0.25, 0.3) is 5.91 Å². The van der Waals surface area contributed by atoms with Crippen molar-refractivity contribution in [2.75, 3.05) is 0 Å². The molecule has 1 fully saturated rings. The maximum Gasteiger partial charge on any atom is 0.416 e. The molecule has 1 saturated carbocycles. The Balaban J connectivity index is 1.77. The van der Waals surface area contributed by atoms with Gasteiger partial charge in [0.2, 0.25) is 0 Å². The van der Waals surface area contributed by atoms with Crippen molar-refractivity contribution in [2.24, 2.45) is 0 Å². The zero-order valence-electron chi connectivity index (χ0n) is 12.6. The van der Waals surface area contributed by atoms with Crippen molar-refractivity contribution in [1.82, 2.24) is 9.88 Å². The van der Waals surface area contributed by atoms with Gasteiger partial charge in [-0.25, -0.2) is 4.98 Å². The standard InChI is InChI=1S/C17H14ClF3N2O/c18-15-8-3-12(9-22-15)16(24)23(14-6-7-14)10-11-1-4-13(5-2-11)17(19,20)21/h1-5,8-9,14H,6-7,10H2. The zero-order chi connectivity index (χ0) is 17.3. The van der Waals surface area contributed by atoms with E-state index in [0.717, 1.165) is 25.0 Å². The van der Waals surface area contributed by atoms with Crippen LogP contribution in [-0.4, -0.2) is 21.8 Å². The predicted octanol–water partition coefficient (Wildman–Crippen LogP) is 4.56. The molecule has 1 heterocycles. The Hall–Kier alpha value is -2.08. The summed E-state index contributed by atoms with van der Waals surface area (Å²) < 4.78 is 37.9. The maximum atomic E-state index is 12.6. The average Bonchev–Trinajstić information content (AvgIpc) is 3.37. The first-order valence-corrected chi connectivity index (χ1v) is 7.81. The zero-order valence-corrected chi connectivity index (χ0v) is 13.3. The SMILES string of the molecule is O=C(c1ccc(Cl)nc1)N(Cc1ccc(C(F)(F)F)cc1)C1CC1. The van der Waals surface area contributed by atoms with Gasteiger partial charge in [-0.15, -0.1) is 0 Å². The Labute approximate surface area is 142 Å². The largest absolute Gasteiger partial charge is 0.416 e. The third kappa shape index (κ3) is 3.87. The summed E-state index contributed by atoms with van der Waals surface area (Å²) in [4.78, 5) is 18.2. The third-order valence-corrected chi connectivity index (χ3v) is 4.08. The molecule has 0 aliphatic heterocycles. The monoisotopic (exact) mass is 354 g/mol. The summed E-state index contributed by atoms with van der Waals surface area (Å²) in [6.07, 6.45) is -1.16. The van der Waals surface area contributed by atoms with Gasteiger partial charge in [-0.3, -0.25) is 4.79 Å². The summed E-state index contributed by atoms with van der Waals surface area (Å²) in [5, 5.41) is 0.298. The van der Waals surface area contributed by atoms with Crippen LogP contribution >= 0.6 is 11.6 Å². The van der Waals surface area contributed by atoms with Gasteiger partial charge in [0, 0.05) is 18.8 Å².